The molecule has 0 bridgehead atoms. The van der Waals surface area contributed by atoms with Crippen molar-refractivity contribution < 1.29 is 57.7 Å². The number of aliphatic hydroxyl groups excluding tert-OH is 1. The maximum atomic E-state index is 13.8. The number of benzene rings is 1. The summed E-state index contributed by atoms with van der Waals surface area (Å²) >= 11 is 1.56. The Balaban J connectivity index is 1.07. The van der Waals surface area contributed by atoms with Crippen LogP contribution < -0.4 is 10.6 Å². The van der Waals surface area contributed by atoms with Crippen LogP contribution in [-0.2, 0) is 59.1 Å². The van der Waals surface area contributed by atoms with E-state index >= 15 is 0 Å². The van der Waals surface area contributed by atoms with Crippen LogP contribution in [0.15, 0.2) is 29.8 Å². The molecular weight excluding hydrogens is 751 g/mol. The topological polar surface area (TPSA) is 212 Å². The fourth-order valence-corrected chi connectivity index (χ4v) is 6.71. The van der Waals surface area contributed by atoms with Crippen molar-refractivity contribution in [2.75, 3.05) is 59.4 Å². The number of aryl methyl sites for hydroxylation is 1. The maximum Gasteiger partial charge on any atom is 0.335 e. The molecule has 3 N–H and O–H groups in total. The molecule has 0 spiro atoms. The number of nitrogens with zero attached hydrogens (tertiary/aromatic N) is 3. The first kappa shape index (κ1) is 44.4. The number of hydroxylamine groups is 2. The molecule has 56 heavy (non-hydrogen) atoms. The number of amides is 5. The normalized spacial score (nSPS) is 17.7. The lowest BCUT2D eigenvalue weighted by Gasteiger charge is -2.35. The minimum Gasteiger partial charge on any atom is -0.391 e. The molecule has 18 heteroatoms. The molecular formula is C38H53N5O12S. The Bertz CT molecular complexity index is 1630. The molecule has 5 amide bonds. The fraction of sp³-hybridized carbons (Fsp3) is 0.605. The molecule has 17 nitrogen and oxygen atoms in total. The van der Waals surface area contributed by atoms with E-state index < -0.39 is 47.3 Å². The molecule has 2 saturated heterocycles. The SMILES string of the molecule is Cc1ncsc1-c1ccc(CNC(=O)[C@@H]2C[C@@H](O)CN2C(=O)C(NC(=O)CCOCCOCCOCCOCCC(=O)ON2C(=O)CCC2=O)C(C)(C)C)cc1. The predicted molar refractivity (Wildman–Crippen MR) is 201 cm³/mol. The lowest BCUT2D eigenvalue weighted by Crippen LogP contribution is -2.57. The van der Waals surface area contributed by atoms with Crippen molar-refractivity contribution in [2.24, 2.45) is 5.41 Å². The summed E-state index contributed by atoms with van der Waals surface area (Å²) in [7, 11) is 0. The summed E-state index contributed by atoms with van der Waals surface area (Å²) in [5.41, 5.74) is 4.01. The number of hydrogen-bond acceptors (Lipinski definition) is 14. The molecule has 3 heterocycles. The highest BCUT2D eigenvalue weighted by Gasteiger charge is 2.44. The third kappa shape index (κ3) is 13.7. The van der Waals surface area contributed by atoms with Gasteiger partial charge in [-0.15, -0.1) is 16.4 Å². The Morgan fingerprint density at radius 3 is 2.02 bits per heavy atom. The van der Waals surface area contributed by atoms with Gasteiger partial charge in [0.25, 0.3) is 11.8 Å². The van der Waals surface area contributed by atoms with Crippen LogP contribution in [-0.4, -0.2) is 133 Å². The van der Waals surface area contributed by atoms with Crippen LogP contribution >= 0.6 is 11.3 Å². The van der Waals surface area contributed by atoms with Gasteiger partial charge in [-0.2, -0.15) is 0 Å². The Morgan fingerprint density at radius 1 is 0.893 bits per heavy atom. The second-order valence-electron chi connectivity index (χ2n) is 14.4. The molecule has 2 aromatic rings. The number of β-amino-alcohol motifs (C(OH)–C–C–N with tert-alkyl or cyclic N) is 1. The highest BCUT2D eigenvalue weighted by molar-refractivity contribution is 7.13. The summed E-state index contributed by atoms with van der Waals surface area (Å²) in [6.07, 6.45) is -0.826. The van der Waals surface area contributed by atoms with Gasteiger partial charge in [-0.05, 0) is 23.5 Å². The molecule has 2 aliphatic rings. The molecule has 2 aliphatic heterocycles. The zero-order chi connectivity index (χ0) is 40.7. The first-order valence-corrected chi connectivity index (χ1v) is 19.5. The molecule has 0 radical (unpaired) electrons. The van der Waals surface area contributed by atoms with E-state index in [1.807, 2.05) is 52.0 Å². The second kappa shape index (κ2) is 21.8. The Hall–Kier alpha value is -4.33. The van der Waals surface area contributed by atoms with E-state index in [0.29, 0.717) is 18.3 Å². The summed E-state index contributed by atoms with van der Waals surface area (Å²) in [4.78, 5) is 86.2. The number of likely N-dealkylation sites (tertiary alicyclic amines) is 1. The second-order valence-corrected chi connectivity index (χ2v) is 15.3. The van der Waals surface area contributed by atoms with Crippen LogP contribution in [0.1, 0.15) is 64.1 Å². The Morgan fingerprint density at radius 2 is 1.46 bits per heavy atom. The number of hydrogen-bond donors (Lipinski definition) is 3. The number of imide groups is 1. The quantitative estimate of drug-likeness (QED) is 0.114. The summed E-state index contributed by atoms with van der Waals surface area (Å²) in [5, 5.41) is 16.7. The minimum atomic E-state index is -0.942. The summed E-state index contributed by atoms with van der Waals surface area (Å²) < 4.78 is 21.7. The number of aliphatic hydroxyl groups is 1. The maximum absolute atomic E-state index is 13.8. The van der Waals surface area contributed by atoms with Gasteiger partial charge < -0.3 is 44.4 Å². The van der Waals surface area contributed by atoms with Gasteiger partial charge in [0.1, 0.15) is 12.1 Å². The molecule has 2 fully saturated rings. The van der Waals surface area contributed by atoms with Gasteiger partial charge in [0.15, 0.2) is 0 Å². The molecule has 1 aromatic heterocycles. The molecule has 3 atom stereocenters. The lowest BCUT2D eigenvalue weighted by molar-refractivity contribution is -0.198. The fourth-order valence-electron chi connectivity index (χ4n) is 5.90. The number of carbonyl (C=O) groups excluding carboxylic acids is 6. The van der Waals surface area contributed by atoms with Crippen molar-refractivity contribution in [2.45, 2.75) is 84.5 Å². The van der Waals surface area contributed by atoms with E-state index in [-0.39, 0.29) is 96.6 Å². The summed E-state index contributed by atoms with van der Waals surface area (Å²) in [6, 6.07) is 6.00. The summed E-state index contributed by atoms with van der Waals surface area (Å²) in [5.74, 6) is -3.01. The van der Waals surface area contributed by atoms with Crippen LogP contribution in [0, 0.1) is 12.3 Å². The van der Waals surface area contributed by atoms with Crippen molar-refractivity contribution in [1.29, 1.82) is 0 Å². The number of ether oxygens (including phenoxy) is 4. The summed E-state index contributed by atoms with van der Waals surface area (Å²) in [6.45, 7) is 9.41. The van der Waals surface area contributed by atoms with Crippen LogP contribution in [0.5, 0.6) is 0 Å². The van der Waals surface area contributed by atoms with Gasteiger partial charge in [-0.25, -0.2) is 9.78 Å². The Labute approximate surface area is 330 Å². The zero-order valence-corrected chi connectivity index (χ0v) is 33.2. The Kier molecular flexibility index (Phi) is 17.3. The van der Waals surface area contributed by atoms with Gasteiger partial charge in [0.2, 0.25) is 17.7 Å². The largest absolute Gasteiger partial charge is 0.391 e. The van der Waals surface area contributed by atoms with Crippen molar-refractivity contribution in [3.05, 3.63) is 41.0 Å². The van der Waals surface area contributed by atoms with Crippen molar-refractivity contribution >= 4 is 46.8 Å². The van der Waals surface area contributed by atoms with E-state index in [4.69, 9.17) is 23.8 Å². The van der Waals surface area contributed by atoms with Gasteiger partial charge in [0, 0.05) is 38.8 Å². The van der Waals surface area contributed by atoms with Crippen LogP contribution in [0.4, 0.5) is 0 Å². The van der Waals surface area contributed by atoms with E-state index in [2.05, 4.69) is 15.6 Å². The number of rotatable bonds is 22. The van der Waals surface area contributed by atoms with Gasteiger partial charge in [-0.3, -0.25) is 24.0 Å². The number of aromatic nitrogens is 1. The standard InChI is InChI=1S/C38H53N5O12S/c1-25-34(56-24-40-25)27-7-5-26(6-8-27)22-39-36(49)29-21-28(44)23-42(29)37(50)35(38(2,3)4)41-30(45)11-13-51-15-17-53-19-20-54-18-16-52-14-12-33(48)55-43-31(46)9-10-32(43)47/h5-8,24,28-29,35,44H,9-23H2,1-4H3,(H,39,49)(H,41,45)/t28-,29+,35?/m1/s1. The molecule has 4 rings (SSSR count). The molecule has 0 saturated carbocycles. The molecule has 308 valence electrons. The van der Waals surface area contributed by atoms with Gasteiger partial charge >= 0.3 is 5.97 Å². The van der Waals surface area contributed by atoms with Gasteiger partial charge in [0.05, 0.1) is 81.5 Å². The monoisotopic (exact) mass is 803 g/mol. The number of thiazole rings is 1. The molecule has 0 aliphatic carbocycles. The minimum absolute atomic E-state index is 0.00307. The average molecular weight is 804 g/mol. The highest BCUT2D eigenvalue weighted by atomic mass is 32.1. The van der Waals surface area contributed by atoms with E-state index in [1.165, 1.54) is 4.90 Å². The third-order valence-corrected chi connectivity index (χ3v) is 9.93. The third-order valence-electron chi connectivity index (χ3n) is 8.95. The number of carbonyl (C=O) groups is 6. The van der Waals surface area contributed by atoms with Crippen LogP contribution in [0.3, 0.4) is 0 Å². The van der Waals surface area contributed by atoms with Crippen molar-refractivity contribution in [1.82, 2.24) is 25.6 Å². The lowest BCUT2D eigenvalue weighted by atomic mass is 9.85. The van der Waals surface area contributed by atoms with Gasteiger partial charge in [-0.1, -0.05) is 45.0 Å². The first-order chi connectivity index (χ1) is 26.7. The van der Waals surface area contributed by atoms with Crippen LogP contribution in [0.2, 0.25) is 0 Å². The van der Waals surface area contributed by atoms with E-state index in [1.54, 1.807) is 16.8 Å². The molecule has 1 aromatic carbocycles. The zero-order valence-electron chi connectivity index (χ0n) is 32.4. The van der Waals surface area contributed by atoms with Crippen LogP contribution in [0.25, 0.3) is 10.4 Å². The smallest absolute Gasteiger partial charge is 0.335 e. The van der Waals surface area contributed by atoms with Crippen molar-refractivity contribution in [3.63, 3.8) is 0 Å². The highest BCUT2D eigenvalue weighted by Crippen LogP contribution is 2.28. The van der Waals surface area contributed by atoms with E-state index in [0.717, 1.165) is 21.7 Å². The molecule has 1 unspecified atom stereocenters. The van der Waals surface area contributed by atoms with Crippen molar-refractivity contribution in [3.8, 4) is 10.4 Å². The van der Waals surface area contributed by atoms with E-state index in [9.17, 15) is 33.9 Å². The number of nitrogens with one attached hydrogen (secondary N) is 2. The average Bonchev–Trinajstić information content (AvgIpc) is 3.86. The predicted octanol–water partition coefficient (Wildman–Crippen LogP) is 1.68. The first-order valence-electron chi connectivity index (χ1n) is 18.7.